The maximum Gasteiger partial charge on any atom is 0.272 e. The number of aromatic nitrogens is 2. The van der Waals surface area contributed by atoms with Crippen molar-refractivity contribution in [1.29, 1.82) is 0 Å². The molecule has 4 aliphatic carbocycles. The molecule has 1 aromatic rings. The summed E-state index contributed by atoms with van der Waals surface area (Å²) >= 11 is 0. The molecule has 2 amide bonds. The molecule has 0 saturated heterocycles. The maximum atomic E-state index is 12.5. The quantitative estimate of drug-likeness (QED) is 0.872. The number of primary amides is 1. The van der Waals surface area contributed by atoms with Crippen LogP contribution in [0, 0.1) is 17.3 Å². The molecule has 1 aromatic heterocycles. The lowest BCUT2D eigenvalue weighted by molar-refractivity contribution is -0.146. The van der Waals surface area contributed by atoms with Crippen molar-refractivity contribution in [2.45, 2.75) is 44.1 Å². The Bertz CT molecular complexity index is 636. The van der Waals surface area contributed by atoms with E-state index in [4.69, 9.17) is 5.73 Å². The van der Waals surface area contributed by atoms with Crippen molar-refractivity contribution < 1.29 is 9.59 Å². The van der Waals surface area contributed by atoms with Crippen molar-refractivity contribution in [3.63, 3.8) is 0 Å². The molecule has 4 saturated carbocycles. The number of carbonyl (C=O) groups is 2. The lowest BCUT2D eigenvalue weighted by Gasteiger charge is -2.61. The van der Waals surface area contributed by atoms with Crippen LogP contribution in [0.15, 0.2) is 12.3 Å². The Labute approximate surface area is 129 Å². The van der Waals surface area contributed by atoms with Gasteiger partial charge < -0.3 is 11.1 Å². The predicted molar refractivity (Wildman–Crippen MR) is 79.7 cm³/mol. The fourth-order valence-corrected chi connectivity index (χ4v) is 5.54. The summed E-state index contributed by atoms with van der Waals surface area (Å²) in [5, 5.41) is 7.39. The zero-order valence-corrected chi connectivity index (χ0v) is 12.8. The fraction of sp³-hybridized carbons (Fsp3) is 0.688. The molecule has 1 heterocycles. The minimum atomic E-state index is -0.401. The summed E-state index contributed by atoms with van der Waals surface area (Å²) in [6.07, 6.45) is 7.38. The number of aryl methyl sites for hydroxylation is 1. The van der Waals surface area contributed by atoms with Crippen LogP contribution in [0.2, 0.25) is 0 Å². The van der Waals surface area contributed by atoms with Gasteiger partial charge in [-0.3, -0.25) is 14.3 Å². The third kappa shape index (κ3) is 1.96. The second kappa shape index (κ2) is 4.33. The molecule has 22 heavy (non-hydrogen) atoms. The highest BCUT2D eigenvalue weighted by molar-refractivity contribution is 5.93. The molecule has 4 aliphatic rings. The number of nitrogens with zero attached hydrogens (tertiary/aromatic N) is 2. The average molecular weight is 302 g/mol. The van der Waals surface area contributed by atoms with E-state index in [1.54, 1.807) is 24.0 Å². The topological polar surface area (TPSA) is 90.0 Å². The van der Waals surface area contributed by atoms with Gasteiger partial charge in [0.25, 0.3) is 5.91 Å². The Morgan fingerprint density at radius 1 is 1.32 bits per heavy atom. The molecule has 4 bridgehead atoms. The summed E-state index contributed by atoms with van der Waals surface area (Å²) in [4.78, 5) is 24.6. The highest BCUT2D eigenvalue weighted by atomic mass is 16.2. The first-order valence-electron chi connectivity index (χ1n) is 8.02. The Balaban J connectivity index is 1.61. The Morgan fingerprint density at radius 3 is 2.55 bits per heavy atom. The third-order valence-corrected chi connectivity index (χ3v) is 5.91. The van der Waals surface area contributed by atoms with Crippen LogP contribution >= 0.6 is 0 Å². The first-order valence-corrected chi connectivity index (χ1v) is 8.02. The van der Waals surface area contributed by atoms with Gasteiger partial charge in [0.1, 0.15) is 5.69 Å². The summed E-state index contributed by atoms with van der Waals surface area (Å²) in [7, 11) is 1.80. The van der Waals surface area contributed by atoms with Gasteiger partial charge in [0.2, 0.25) is 5.91 Å². The average Bonchev–Trinajstić information content (AvgIpc) is 2.83. The van der Waals surface area contributed by atoms with E-state index in [1.807, 2.05) is 0 Å². The van der Waals surface area contributed by atoms with Gasteiger partial charge >= 0.3 is 0 Å². The van der Waals surface area contributed by atoms with Gasteiger partial charge in [0, 0.05) is 18.8 Å². The molecule has 6 heteroatoms. The molecule has 6 nitrogen and oxygen atoms in total. The zero-order chi connectivity index (χ0) is 15.5. The minimum absolute atomic E-state index is 0.137. The minimum Gasteiger partial charge on any atom is -0.369 e. The van der Waals surface area contributed by atoms with Gasteiger partial charge in [-0.2, -0.15) is 5.10 Å². The number of hydrogen-bond donors (Lipinski definition) is 2. The van der Waals surface area contributed by atoms with E-state index >= 15 is 0 Å². The van der Waals surface area contributed by atoms with Gasteiger partial charge in [-0.25, -0.2) is 0 Å². The Kier molecular flexibility index (Phi) is 2.72. The van der Waals surface area contributed by atoms with Crippen molar-refractivity contribution >= 4 is 11.8 Å². The van der Waals surface area contributed by atoms with Gasteiger partial charge in [-0.05, 0) is 56.4 Å². The Hall–Kier alpha value is -1.85. The van der Waals surface area contributed by atoms with Crippen LogP contribution in [-0.2, 0) is 11.8 Å². The van der Waals surface area contributed by atoms with Crippen LogP contribution in [0.5, 0.6) is 0 Å². The summed E-state index contributed by atoms with van der Waals surface area (Å²) in [6.45, 7) is 0. The van der Waals surface area contributed by atoms with Gasteiger partial charge in [0.15, 0.2) is 0 Å². The molecule has 4 fully saturated rings. The monoisotopic (exact) mass is 302 g/mol. The highest BCUT2D eigenvalue weighted by Gasteiger charge is 2.60. The van der Waals surface area contributed by atoms with Gasteiger partial charge in [-0.1, -0.05) is 0 Å². The van der Waals surface area contributed by atoms with E-state index in [2.05, 4.69) is 10.4 Å². The number of rotatable bonds is 3. The third-order valence-electron chi connectivity index (χ3n) is 5.91. The lowest BCUT2D eigenvalue weighted by atomic mass is 9.46. The second-order valence-corrected chi connectivity index (χ2v) is 7.71. The van der Waals surface area contributed by atoms with Crippen LogP contribution in [0.1, 0.15) is 49.0 Å². The molecule has 0 aromatic carbocycles. The summed E-state index contributed by atoms with van der Waals surface area (Å²) in [6, 6.07) is 1.72. The summed E-state index contributed by atoms with van der Waals surface area (Å²) < 4.78 is 1.62. The largest absolute Gasteiger partial charge is 0.369 e. The van der Waals surface area contributed by atoms with Crippen molar-refractivity contribution in [2.75, 3.05) is 0 Å². The van der Waals surface area contributed by atoms with Gasteiger partial charge in [0.05, 0.1) is 5.41 Å². The molecule has 3 N–H and O–H groups in total. The molecule has 0 aliphatic heterocycles. The first-order chi connectivity index (χ1) is 10.4. The summed E-state index contributed by atoms with van der Waals surface area (Å²) in [5.41, 5.74) is 5.49. The SMILES string of the molecule is Cn1ccc(C(=O)NC23CC4CC(C2)CC(C(N)=O)(C4)C3)n1. The number of hydrogen-bond acceptors (Lipinski definition) is 3. The van der Waals surface area contributed by atoms with Crippen LogP contribution in [0.4, 0.5) is 0 Å². The molecule has 2 atom stereocenters. The molecule has 5 rings (SSSR count). The molecule has 0 radical (unpaired) electrons. The van der Waals surface area contributed by atoms with Crippen molar-refractivity contribution in [1.82, 2.24) is 15.1 Å². The predicted octanol–water partition coefficient (Wildman–Crippen LogP) is 0.974. The van der Waals surface area contributed by atoms with E-state index in [0.717, 1.165) is 25.7 Å². The van der Waals surface area contributed by atoms with Crippen molar-refractivity contribution in [3.05, 3.63) is 18.0 Å². The number of nitrogens with one attached hydrogen (secondary N) is 1. The maximum absolute atomic E-state index is 12.5. The van der Waals surface area contributed by atoms with E-state index in [9.17, 15) is 9.59 Å². The lowest BCUT2D eigenvalue weighted by Crippen LogP contribution is -2.65. The van der Waals surface area contributed by atoms with E-state index in [0.29, 0.717) is 24.0 Å². The van der Waals surface area contributed by atoms with E-state index in [1.165, 1.54) is 6.42 Å². The van der Waals surface area contributed by atoms with Crippen molar-refractivity contribution in [3.8, 4) is 0 Å². The van der Waals surface area contributed by atoms with Crippen molar-refractivity contribution in [2.24, 2.45) is 30.0 Å². The number of amides is 2. The first kappa shape index (κ1) is 13.8. The van der Waals surface area contributed by atoms with Crippen LogP contribution in [0.3, 0.4) is 0 Å². The number of carbonyl (C=O) groups excluding carboxylic acids is 2. The molecule has 2 unspecified atom stereocenters. The number of nitrogens with two attached hydrogens (primary N) is 1. The standard InChI is InChI=1S/C16H22N4O2/c1-20-3-2-12(19-20)13(21)18-16-7-10-4-11(8-16)6-15(5-10,9-16)14(17)22/h2-3,10-11H,4-9H2,1H3,(H2,17,22)(H,18,21). The van der Waals surface area contributed by atoms with Crippen LogP contribution in [-0.4, -0.2) is 27.1 Å². The molecular formula is C16H22N4O2. The smallest absolute Gasteiger partial charge is 0.272 e. The second-order valence-electron chi connectivity index (χ2n) is 7.71. The van der Waals surface area contributed by atoms with Crippen LogP contribution < -0.4 is 11.1 Å². The van der Waals surface area contributed by atoms with Crippen LogP contribution in [0.25, 0.3) is 0 Å². The summed E-state index contributed by atoms with van der Waals surface area (Å²) in [5.74, 6) is 0.704. The van der Waals surface area contributed by atoms with E-state index < -0.39 is 5.41 Å². The van der Waals surface area contributed by atoms with Gasteiger partial charge in [-0.15, -0.1) is 0 Å². The highest BCUT2D eigenvalue weighted by Crippen LogP contribution is 2.61. The fourth-order valence-electron chi connectivity index (χ4n) is 5.54. The Morgan fingerprint density at radius 2 is 2.00 bits per heavy atom. The zero-order valence-electron chi connectivity index (χ0n) is 12.8. The molecule has 118 valence electrons. The normalized spacial score (nSPS) is 39.0. The molecule has 0 spiro atoms. The van der Waals surface area contributed by atoms with E-state index in [-0.39, 0.29) is 17.4 Å². The molecular weight excluding hydrogens is 280 g/mol.